The highest BCUT2D eigenvalue weighted by atomic mass is 31.1. The molecule has 0 saturated carbocycles. The second kappa shape index (κ2) is 8.64. The van der Waals surface area contributed by atoms with Crippen molar-refractivity contribution in [1.29, 1.82) is 0 Å². The largest absolute Gasteiger partial charge is 0.557 e. The van der Waals surface area contributed by atoms with E-state index in [9.17, 15) is 14.5 Å². The second-order valence-electron chi connectivity index (χ2n) is 4.02. The van der Waals surface area contributed by atoms with E-state index in [-0.39, 0.29) is 25.7 Å². The molecule has 0 heterocycles. The first-order chi connectivity index (χ1) is 9.58. The Kier molecular flexibility index (Phi) is 7.15. The van der Waals surface area contributed by atoms with Gasteiger partial charge in [0, 0.05) is 18.5 Å². The topological polar surface area (TPSA) is 98.9 Å². The van der Waals surface area contributed by atoms with Crippen LogP contribution in [0.5, 0.6) is 5.75 Å². The number of benzene rings is 1. The Balaban J connectivity index is 2.74. The lowest BCUT2D eigenvalue weighted by Crippen LogP contribution is -2.25. The van der Waals surface area contributed by atoms with E-state index in [1.54, 1.807) is 31.2 Å². The van der Waals surface area contributed by atoms with E-state index in [2.05, 4.69) is 0 Å². The molecule has 0 spiro atoms. The predicted octanol–water partition coefficient (Wildman–Crippen LogP) is 1.23. The Labute approximate surface area is 118 Å². The van der Waals surface area contributed by atoms with Crippen LogP contribution < -0.4 is 10.3 Å². The predicted molar refractivity (Wildman–Crippen MR) is 74.9 cm³/mol. The van der Waals surface area contributed by atoms with Crippen LogP contribution in [0, 0.1) is 0 Å². The number of nitrogens with two attached hydrogens (primary N) is 1. The number of aliphatic hydroxyl groups is 1. The highest BCUT2D eigenvalue weighted by molar-refractivity contribution is 7.39. The zero-order valence-corrected chi connectivity index (χ0v) is 12.2. The maximum atomic E-state index is 11.6. The van der Waals surface area contributed by atoms with Crippen molar-refractivity contribution in [2.75, 3.05) is 19.3 Å². The van der Waals surface area contributed by atoms with Gasteiger partial charge in [-0.1, -0.05) is 18.2 Å². The zero-order valence-electron chi connectivity index (χ0n) is 11.3. The van der Waals surface area contributed by atoms with Gasteiger partial charge in [0.25, 0.3) is 0 Å². The first-order valence-corrected chi connectivity index (χ1v) is 7.70. The molecule has 1 rings (SSSR count). The van der Waals surface area contributed by atoms with E-state index in [0.717, 1.165) is 0 Å². The third-order valence-electron chi connectivity index (χ3n) is 2.46. The van der Waals surface area contributed by atoms with Crippen LogP contribution in [0.4, 0.5) is 0 Å². The number of carbonyl (C=O) groups excluding carboxylic acids is 1. The van der Waals surface area contributed by atoms with Gasteiger partial charge in [-0.25, -0.2) is 4.79 Å². The molecule has 0 radical (unpaired) electrons. The third-order valence-corrected chi connectivity index (χ3v) is 3.48. The van der Waals surface area contributed by atoms with Crippen molar-refractivity contribution in [3.8, 4) is 5.75 Å². The summed E-state index contributed by atoms with van der Waals surface area (Å²) in [5.74, 6) is -0.306. The number of rotatable bonds is 8. The molecule has 1 aromatic carbocycles. The average molecular weight is 300 g/mol. The molecule has 0 fully saturated rings. The Bertz CT molecular complexity index is 466. The number of para-hydroxylation sites is 1. The van der Waals surface area contributed by atoms with Crippen LogP contribution in [0.25, 0.3) is 0 Å². The van der Waals surface area contributed by atoms with Gasteiger partial charge in [0.2, 0.25) is 0 Å². The van der Waals surface area contributed by atoms with E-state index in [1.165, 1.54) is 0 Å². The minimum absolute atomic E-state index is 0.0425. The lowest BCUT2D eigenvalue weighted by atomic mass is 10.1. The molecule has 0 aliphatic rings. The number of aliphatic hydroxyl groups excluding tert-OH is 1. The molecule has 0 aliphatic carbocycles. The molecule has 1 unspecified atom stereocenters. The van der Waals surface area contributed by atoms with Gasteiger partial charge in [0.15, 0.2) is 18.0 Å². The van der Waals surface area contributed by atoms with Gasteiger partial charge in [-0.05, 0) is 17.6 Å². The second-order valence-corrected chi connectivity index (χ2v) is 5.31. The van der Waals surface area contributed by atoms with E-state index < -0.39 is 20.1 Å². The molecule has 110 valence electrons. The Morgan fingerprint density at radius 3 is 2.80 bits per heavy atom. The number of hydrogen-bond donors (Lipinski definition) is 2. The number of hydrogen-bond acceptors (Lipinski definition) is 6. The number of carbonyl (C=O) groups is 1. The lowest BCUT2D eigenvalue weighted by Gasteiger charge is -2.10. The smallest absolute Gasteiger partial charge is 0.464 e. The molecule has 3 N–H and O–H groups in total. The summed E-state index contributed by atoms with van der Waals surface area (Å²) in [6.45, 7) is 2.14. The summed E-state index contributed by atoms with van der Waals surface area (Å²) >= 11 is 0. The fourth-order valence-electron chi connectivity index (χ4n) is 1.55. The minimum Gasteiger partial charge on any atom is -0.464 e. The SMILES string of the molecule is CCOC(=O)[C@@H](O)Cc1ccccc1O[P+](=O)CCN. The van der Waals surface area contributed by atoms with Crippen molar-refractivity contribution in [3.63, 3.8) is 0 Å². The van der Waals surface area contributed by atoms with Crippen LogP contribution in [0.1, 0.15) is 12.5 Å². The molecule has 7 heteroatoms. The van der Waals surface area contributed by atoms with Gasteiger partial charge in [-0.2, -0.15) is 0 Å². The van der Waals surface area contributed by atoms with Crippen LogP contribution in [0.15, 0.2) is 24.3 Å². The van der Waals surface area contributed by atoms with E-state index in [4.69, 9.17) is 15.0 Å². The first-order valence-electron chi connectivity index (χ1n) is 6.33. The third kappa shape index (κ3) is 5.25. The van der Waals surface area contributed by atoms with Gasteiger partial charge < -0.3 is 15.6 Å². The quantitative estimate of drug-likeness (QED) is 0.553. The average Bonchev–Trinajstić information content (AvgIpc) is 2.41. The molecule has 6 nitrogen and oxygen atoms in total. The fraction of sp³-hybridized carbons (Fsp3) is 0.462. The molecule has 0 aliphatic heterocycles. The highest BCUT2D eigenvalue weighted by Gasteiger charge is 2.23. The summed E-state index contributed by atoms with van der Waals surface area (Å²) in [5, 5.41) is 9.74. The van der Waals surface area contributed by atoms with Gasteiger partial charge in [0.1, 0.15) is 0 Å². The van der Waals surface area contributed by atoms with Crippen molar-refractivity contribution in [2.24, 2.45) is 5.73 Å². The first kappa shape index (κ1) is 16.6. The van der Waals surface area contributed by atoms with Crippen molar-refractivity contribution >= 4 is 14.0 Å². The molecule has 0 saturated heterocycles. The summed E-state index contributed by atoms with van der Waals surface area (Å²) in [6.07, 6.45) is -0.975. The summed E-state index contributed by atoms with van der Waals surface area (Å²) in [5.41, 5.74) is 5.90. The Morgan fingerprint density at radius 1 is 1.45 bits per heavy atom. The molecule has 1 aromatic rings. The Morgan fingerprint density at radius 2 is 2.15 bits per heavy atom. The van der Waals surface area contributed by atoms with Crippen molar-refractivity contribution in [2.45, 2.75) is 19.4 Å². The van der Waals surface area contributed by atoms with Gasteiger partial charge in [-0.3, -0.25) is 4.52 Å². The standard InChI is InChI=1S/C13H19NO5P/c1-2-18-13(16)11(15)9-10-5-3-4-6-12(10)19-20(17)8-7-14/h3-6,11,15H,2,7-9,14H2,1H3/q+1/t11-/m0/s1. The lowest BCUT2D eigenvalue weighted by molar-refractivity contribution is -0.152. The monoisotopic (exact) mass is 300 g/mol. The van der Waals surface area contributed by atoms with Crippen LogP contribution in [-0.2, 0) is 20.5 Å². The summed E-state index contributed by atoms with van der Waals surface area (Å²) in [6, 6.07) is 6.80. The number of esters is 1. The fourth-order valence-corrected chi connectivity index (χ4v) is 2.25. The summed E-state index contributed by atoms with van der Waals surface area (Å²) < 4.78 is 21.6. The molecule has 0 aromatic heterocycles. The zero-order chi connectivity index (χ0) is 15.0. The maximum absolute atomic E-state index is 11.6. The molecular formula is C13H19NO5P+. The molecule has 2 atom stereocenters. The van der Waals surface area contributed by atoms with E-state index in [0.29, 0.717) is 11.3 Å². The van der Waals surface area contributed by atoms with Crippen LogP contribution in [-0.4, -0.2) is 36.5 Å². The van der Waals surface area contributed by atoms with Crippen LogP contribution >= 0.6 is 8.03 Å². The summed E-state index contributed by atoms with van der Waals surface area (Å²) in [4.78, 5) is 11.4. The minimum atomic E-state index is -1.89. The van der Waals surface area contributed by atoms with E-state index >= 15 is 0 Å². The van der Waals surface area contributed by atoms with E-state index in [1.807, 2.05) is 0 Å². The molecular weight excluding hydrogens is 281 g/mol. The van der Waals surface area contributed by atoms with Crippen molar-refractivity contribution < 1.29 is 23.7 Å². The van der Waals surface area contributed by atoms with Crippen LogP contribution in [0.2, 0.25) is 0 Å². The summed E-state index contributed by atoms with van der Waals surface area (Å²) in [7, 11) is -1.89. The van der Waals surface area contributed by atoms with Gasteiger partial charge >= 0.3 is 14.0 Å². The molecule has 0 amide bonds. The van der Waals surface area contributed by atoms with Crippen LogP contribution in [0.3, 0.4) is 0 Å². The Hall–Kier alpha value is -1.49. The van der Waals surface area contributed by atoms with Gasteiger partial charge in [-0.15, -0.1) is 0 Å². The molecule has 0 bridgehead atoms. The maximum Gasteiger partial charge on any atom is 0.557 e. The van der Waals surface area contributed by atoms with Crippen molar-refractivity contribution in [1.82, 2.24) is 0 Å². The van der Waals surface area contributed by atoms with Crippen molar-refractivity contribution in [3.05, 3.63) is 29.8 Å². The molecule has 20 heavy (non-hydrogen) atoms. The highest BCUT2D eigenvalue weighted by Crippen LogP contribution is 2.30. The normalized spacial score (nSPS) is 12.7. The number of ether oxygens (including phenoxy) is 1. The van der Waals surface area contributed by atoms with Gasteiger partial charge in [0.05, 0.1) is 6.61 Å².